The minimum atomic E-state index is -0.141. The van der Waals surface area contributed by atoms with Crippen LogP contribution in [0.1, 0.15) is 112 Å². The van der Waals surface area contributed by atoms with Gasteiger partial charge in [0.1, 0.15) is 0 Å². The molecule has 4 fully saturated rings. The second-order valence-electron chi connectivity index (χ2n) is 13.4. The molecule has 0 aromatic rings. The van der Waals surface area contributed by atoms with Crippen molar-refractivity contribution in [1.82, 2.24) is 0 Å². The third-order valence-electron chi connectivity index (χ3n) is 11.9. The van der Waals surface area contributed by atoms with Crippen molar-refractivity contribution in [2.24, 2.45) is 58.2 Å². The highest BCUT2D eigenvalue weighted by molar-refractivity contribution is 5.11. The Labute approximate surface area is 193 Å². The first-order valence-corrected chi connectivity index (χ1v) is 14.0. The summed E-state index contributed by atoms with van der Waals surface area (Å²) >= 11 is 0. The van der Waals surface area contributed by atoms with Crippen molar-refractivity contribution < 1.29 is 10.2 Å². The molecule has 11 atom stereocenters. The number of hydrogen-bond acceptors (Lipinski definition) is 2. The van der Waals surface area contributed by atoms with Crippen LogP contribution in [0, 0.1) is 58.2 Å². The van der Waals surface area contributed by atoms with E-state index in [9.17, 15) is 10.2 Å². The van der Waals surface area contributed by atoms with Crippen molar-refractivity contribution in [3.05, 3.63) is 0 Å². The highest BCUT2D eigenvalue weighted by Crippen LogP contribution is 2.68. The van der Waals surface area contributed by atoms with Crippen LogP contribution in [0.4, 0.5) is 0 Å². The van der Waals surface area contributed by atoms with Gasteiger partial charge in [-0.1, -0.05) is 54.4 Å². The summed E-state index contributed by atoms with van der Waals surface area (Å²) < 4.78 is 0. The molecular weight excluding hydrogens is 380 g/mol. The van der Waals surface area contributed by atoms with Crippen LogP contribution in [0.25, 0.3) is 0 Å². The topological polar surface area (TPSA) is 40.5 Å². The maximum Gasteiger partial charge on any atom is 0.0577 e. The zero-order chi connectivity index (χ0) is 22.6. The SMILES string of the molecule is CCC(CC[C@@H](C)[C@H]1CCC2[C@@H]3C(O)C[C@@H]4CC(O)CC[C@]4(C)C3CC[C@@]21C)C(C)C. The summed E-state index contributed by atoms with van der Waals surface area (Å²) in [7, 11) is 0. The summed E-state index contributed by atoms with van der Waals surface area (Å²) in [5.74, 6) is 5.75. The third-order valence-corrected chi connectivity index (χ3v) is 11.9. The Kier molecular flexibility index (Phi) is 6.93. The van der Waals surface area contributed by atoms with Crippen molar-refractivity contribution in [3.63, 3.8) is 0 Å². The molecule has 180 valence electrons. The molecule has 5 unspecified atom stereocenters. The average molecular weight is 433 g/mol. The first kappa shape index (κ1) is 24.1. The Bertz CT molecular complexity index is 616. The number of hydrogen-bond donors (Lipinski definition) is 2. The summed E-state index contributed by atoms with van der Waals surface area (Å²) in [5.41, 5.74) is 0.776. The Morgan fingerprint density at radius 3 is 2.19 bits per heavy atom. The largest absolute Gasteiger partial charge is 0.393 e. The summed E-state index contributed by atoms with van der Waals surface area (Å²) in [4.78, 5) is 0. The minimum Gasteiger partial charge on any atom is -0.393 e. The van der Waals surface area contributed by atoms with Gasteiger partial charge in [0.05, 0.1) is 12.2 Å². The number of rotatable bonds is 6. The van der Waals surface area contributed by atoms with E-state index in [0.29, 0.717) is 34.5 Å². The maximum absolute atomic E-state index is 11.4. The fourth-order valence-corrected chi connectivity index (χ4v) is 9.86. The quantitative estimate of drug-likeness (QED) is 0.471. The summed E-state index contributed by atoms with van der Waals surface area (Å²) in [6.07, 6.45) is 13.2. The number of fused-ring (bicyclic) bond motifs is 5. The Hall–Kier alpha value is -0.0800. The molecule has 4 aliphatic rings. The van der Waals surface area contributed by atoms with Gasteiger partial charge < -0.3 is 10.2 Å². The molecule has 0 saturated heterocycles. The van der Waals surface area contributed by atoms with Crippen molar-refractivity contribution in [1.29, 1.82) is 0 Å². The normalized spacial score (nSPS) is 49.3. The molecule has 31 heavy (non-hydrogen) atoms. The predicted octanol–water partition coefficient (Wildman–Crippen LogP) is 7.08. The molecule has 0 bridgehead atoms. The molecule has 0 aliphatic heterocycles. The molecule has 4 rings (SSSR count). The molecule has 0 aromatic carbocycles. The van der Waals surface area contributed by atoms with E-state index in [1.807, 2.05) is 0 Å². The lowest BCUT2D eigenvalue weighted by Crippen LogP contribution is -2.58. The van der Waals surface area contributed by atoms with Crippen molar-refractivity contribution in [2.45, 2.75) is 124 Å². The zero-order valence-electron chi connectivity index (χ0n) is 21.4. The molecule has 4 aliphatic carbocycles. The van der Waals surface area contributed by atoms with Crippen LogP contribution in [-0.2, 0) is 0 Å². The highest BCUT2D eigenvalue weighted by Gasteiger charge is 2.62. The summed E-state index contributed by atoms with van der Waals surface area (Å²) in [5, 5.41) is 21.7. The third kappa shape index (κ3) is 4.05. The Balaban J connectivity index is 1.49. The van der Waals surface area contributed by atoms with E-state index in [4.69, 9.17) is 0 Å². The van der Waals surface area contributed by atoms with E-state index in [0.717, 1.165) is 42.9 Å². The molecule has 0 amide bonds. The van der Waals surface area contributed by atoms with Crippen molar-refractivity contribution >= 4 is 0 Å². The fourth-order valence-electron chi connectivity index (χ4n) is 9.86. The molecule has 2 N–H and O–H groups in total. The monoisotopic (exact) mass is 432 g/mol. The highest BCUT2D eigenvalue weighted by atomic mass is 16.3. The van der Waals surface area contributed by atoms with Gasteiger partial charge in [0, 0.05) is 0 Å². The van der Waals surface area contributed by atoms with Crippen LogP contribution in [0.2, 0.25) is 0 Å². The lowest BCUT2D eigenvalue weighted by atomic mass is 9.43. The van der Waals surface area contributed by atoms with Gasteiger partial charge in [-0.15, -0.1) is 0 Å². The predicted molar refractivity (Wildman–Crippen MR) is 130 cm³/mol. The molecule has 0 heterocycles. The van der Waals surface area contributed by atoms with E-state index in [1.54, 1.807) is 0 Å². The lowest BCUT2D eigenvalue weighted by molar-refractivity contribution is -0.174. The summed E-state index contributed by atoms with van der Waals surface area (Å²) in [6.45, 7) is 14.9. The lowest BCUT2D eigenvalue weighted by Gasteiger charge is -2.62. The van der Waals surface area contributed by atoms with Gasteiger partial charge in [0.2, 0.25) is 0 Å². The first-order chi connectivity index (χ1) is 14.6. The fraction of sp³-hybridized carbons (Fsp3) is 1.00. The van der Waals surface area contributed by atoms with Crippen molar-refractivity contribution in [3.8, 4) is 0 Å². The number of aliphatic hydroxyl groups excluding tert-OH is 2. The second-order valence-corrected chi connectivity index (χ2v) is 13.4. The maximum atomic E-state index is 11.4. The van der Waals surface area contributed by atoms with Crippen LogP contribution in [0.3, 0.4) is 0 Å². The standard InChI is InChI=1S/C29H52O2/c1-7-20(18(2)3)9-8-19(4)23-10-11-24-27-25(13-15-29(23,24)6)28(5)14-12-22(30)16-21(28)17-26(27)31/h18-27,30-31H,7-17H2,1-6H3/t19-,20?,21+,22?,23-,24?,25?,26?,27+,28+,29-/m1/s1. The second kappa shape index (κ2) is 8.94. The van der Waals surface area contributed by atoms with Gasteiger partial charge in [0.25, 0.3) is 0 Å². The van der Waals surface area contributed by atoms with Crippen LogP contribution in [-0.4, -0.2) is 22.4 Å². The van der Waals surface area contributed by atoms with E-state index in [2.05, 4.69) is 41.5 Å². The van der Waals surface area contributed by atoms with Crippen molar-refractivity contribution in [2.75, 3.05) is 0 Å². The number of aliphatic hydroxyl groups is 2. The van der Waals surface area contributed by atoms with Crippen LogP contribution in [0.15, 0.2) is 0 Å². The van der Waals surface area contributed by atoms with Gasteiger partial charge in [-0.2, -0.15) is 0 Å². The summed E-state index contributed by atoms with van der Waals surface area (Å²) in [6, 6.07) is 0. The molecule has 0 aromatic heterocycles. The zero-order valence-corrected chi connectivity index (χ0v) is 21.4. The van der Waals surface area contributed by atoms with Gasteiger partial charge >= 0.3 is 0 Å². The van der Waals surface area contributed by atoms with Gasteiger partial charge in [-0.25, -0.2) is 0 Å². The smallest absolute Gasteiger partial charge is 0.0577 e. The molecule has 2 nitrogen and oxygen atoms in total. The molecular formula is C29H52O2. The van der Waals surface area contributed by atoms with Crippen LogP contribution >= 0.6 is 0 Å². The molecule has 0 radical (unpaired) electrons. The Morgan fingerprint density at radius 2 is 1.52 bits per heavy atom. The average Bonchev–Trinajstić information content (AvgIpc) is 3.06. The van der Waals surface area contributed by atoms with E-state index in [-0.39, 0.29) is 12.2 Å². The van der Waals surface area contributed by atoms with Crippen LogP contribution in [0.5, 0.6) is 0 Å². The van der Waals surface area contributed by atoms with E-state index in [1.165, 1.54) is 51.4 Å². The molecule has 4 saturated carbocycles. The van der Waals surface area contributed by atoms with Gasteiger partial charge in [-0.3, -0.25) is 0 Å². The molecule has 2 heteroatoms. The van der Waals surface area contributed by atoms with E-state index < -0.39 is 0 Å². The molecule has 0 spiro atoms. The first-order valence-electron chi connectivity index (χ1n) is 14.0. The van der Waals surface area contributed by atoms with Gasteiger partial charge in [0.15, 0.2) is 0 Å². The Morgan fingerprint density at radius 1 is 0.839 bits per heavy atom. The van der Waals surface area contributed by atoms with Crippen LogP contribution < -0.4 is 0 Å². The van der Waals surface area contributed by atoms with E-state index >= 15 is 0 Å². The van der Waals surface area contributed by atoms with Gasteiger partial charge in [-0.05, 0) is 116 Å². The minimum absolute atomic E-state index is 0.134.